The average Bonchev–Trinajstić information content (AvgIpc) is 2.62. The van der Waals surface area contributed by atoms with Crippen LogP contribution >= 0.6 is 0 Å². The van der Waals surface area contributed by atoms with E-state index in [9.17, 15) is 13.2 Å². The summed E-state index contributed by atoms with van der Waals surface area (Å²) in [6.07, 6.45) is 1.85. The van der Waals surface area contributed by atoms with E-state index in [2.05, 4.69) is 11.4 Å². The monoisotopic (exact) mass is 416 g/mol. The molecule has 0 spiro atoms. The summed E-state index contributed by atoms with van der Waals surface area (Å²) in [5, 5.41) is 3.05. The Kier molecular flexibility index (Phi) is 7.11. The highest BCUT2D eigenvalue weighted by Crippen LogP contribution is 2.27. The van der Waals surface area contributed by atoms with Crippen molar-refractivity contribution in [3.8, 4) is 0 Å². The minimum atomic E-state index is -3.65. The molecule has 2 rings (SSSR count). The second kappa shape index (κ2) is 8.99. The van der Waals surface area contributed by atoms with Gasteiger partial charge in [0.25, 0.3) is 0 Å². The molecule has 0 bridgehead atoms. The van der Waals surface area contributed by atoms with E-state index in [4.69, 9.17) is 0 Å². The molecule has 2 aromatic rings. The first kappa shape index (κ1) is 22.9. The van der Waals surface area contributed by atoms with E-state index >= 15 is 0 Å². The molecule has 0 aliphatic heterocycles. The summed E-state index contributed by atoms with van der Waals surface area (Å²) in [4.78, 5) is 13.1. The molecule has 29 heavy (non-hydrogen) atoms. The van der Waals surface area contributed by atoms with Crippen LogP contribution in [0.4, 0.5) is 5.69 Å². The molecule has 0 aliphatic carbocycles. The van der Waals surface area contributed by atoms with Crippen molar-refractivity contribution in [2.45, 2.75) is 60.0 Å². The number of carbonyl (C=O) groups is 1. The number of hydrogen-bond donors (Lipinski definition) is 1. The Balaban J connectivity index is 2.37. The van der Waals surface area contributed by atoms with Crippen LogP contribution in [0.5, 0.6) is 0 Å². The van der Waals surface area contributed by atoms with Gasteiger partial charge in [0.05, 0.1) is 18.0 Å². The fourth-order valence-electron chi connectivity index (χ4n) is 3.65. The zero-order valence-corrected chi connectivity index (χ0v) is 19.2. The zero-order chi connectivity index (χ0) is 21.9. The topological polar surface area (TPSA) is 66.5 Å². The van der Waals surface area contributed by atoms with Gasteiger partial charge < -0.3 is 5.32 Å². The molecule has 2 aromatic carbocycles. The van der Waals surface area contributed by atoms with Crippen LogP contribution in [-0.4, -0.2) is 26.6 Å². The van der Waals surface area contributed by atoms with Crippen LogP contribution in [-0.2, 0) is 14.8 Å². The second-order valence-electron chi connectivity index (χ2n) is 7.85. The third-order valence-corrected chi connectivity index (χ3v) is 6.44. The molecule has 1 N–H and O–H groups in total. The first-order valence-electron chi connectivity index (χ1n) is 9.89. The van der Waals surface area contributed by atoms with Gasteiger partial charge in [-0.25, -0.2) is 8.42 Å². The number of amides is 1. The number of anilines is 1. The van der Waals surface area contributed by atoms with Gasteiger partial charge in [-0.05, 0) is 69.4 Å². The molecule has 2 unspecified atom stereocenters. The Morgan fingerprint density at radius 1 is 1.00 bits per heavy atom. The van der Waals surface area contributed by atoms with Gasteiger partial charge >= 0.3 is 0 Å². The van der Waals surface area contributed by atoms with E-state index in [-0.39, 0.29) is 11.9 Å². The van der Waals surface area contributed by atoms with Gasteiger partial charge in [-0.1, -0.05) is 42.8 Å². The molecule has 158 valence electrons. The van der Waals surface area contributed by atoms with E-state index in [0.717, 1.165) is 28.5 Å². The van der Waals surface area contributed by atoms with E-state index in [0.29, 0.717) is 12.1 Å². The van der Waals surface area contributed by atoms with Gasteiger partial charge in [0.1, 0.15) is 6.04 Å². The number of sulfonamides is 1. The van der Waals surface area contributed by atoms with E-state index in [1.165, 1.54) is 9.87 Å². The van der Waals surface area contributed by atoms with Crippen LogP contribution in [0.3, 0.4) is 0 Å². The maximum Gasteiger partial charge on any atom is 0.244 e. The van der Waals surface area contributed by atoms with Crippen LogP contribution in [0, 0.1) is 27.7 Å². The molecule has 6 heteroatoms. The lowest BCUT2D eigenvalue weighted by atomic mass is 9.97. The molecule has 5 nitrogen and oxygen atoms in total. The third-order valence-electron chi connectivity index (χ3n) is 5.22. The minimum Gasteiger partial charge on any atom is -0.347 e. The van der Waals surface area contributed by atoms with Gasteiger partial charge in [-0.15, -0.1) is 0 Å². The Labute approximate surface area is 175 Å². The normalized spacial score (nSPS) is 13.6. The summed E-state index contributed by atoms with van der Waals surface area (Å²) in [5.74, 6) is -0.317. The van der Waals surface area contributed by atoms with Crippen LogP contribution in [0.1, 0.15) is 54.1 Å². The van der Waals surface area contributed by atoms with Crippen molar-refractivity contribution in [2.75, 3.05) is 10.6 Å². The lowest BCUT2D eigenvalue weighted by Gasteiger charge is -2.31. The smallest absolute Gasteiger partial charge is 0.244 e. The quantitative estimate of drug-likeness (QED) is 0.730. The Morgan fingerprint density at radius 3 is 2.14 bits per heavy atom. The molecule has 2 atom stereocenters. The first-order chi connectivity index (χ1) is 13.5. The minimum absolute atomic E-state index is 0.175. The zero-order valence-electron chi connectivity index (χ0n) is 18.4. The van der Waals surface area contributed by atoms with Crippen molar-refractivity contribution in [2.24, 2.45) is 0 Å². The molecular formula is C23H32N2O3S. The molecular weight excluding hydrogens is 384 g/mol. The van der Waals surface area contributed by atoms with Gasteiger partial charge in [-0.3, -0.25) is 9.10 Å². The molecule has 0 aromatic heterocycles. The lowest BCUT2D eigenvalue weighted by molar-refractivity contribution is -0.122. The summed E-state index contributed by atoms with van der Waals surface area (Å²) < 4.78 is 26.4. The van der Waals surface area contributed by atoms with Crippen molar-refractivity contribution in [3.05, 3.63) is 64.2 Å². The van der Waals surface area contributed by atoms with Crippen LogP contribution < -0.4 is 9.62 Å². The Morgan fingerprint density at radius 2 is 1.59 bits per heavy atom. The molecule has 0 saturated carbocycles. The highest BCUT2D eigenvalue weighted by Gasteiger charge is 2.31. The molecule has 0 saturated heterocycles. The predicted molar refractivity (Wildman–Crippen MR) is 120 cm³/mol. The number of nitrogens with one attached hydrogen (secondary N) is 1. The first-order valence-corrected chi connectivity index (χ1v) is 11.7. The molecule has 0 radical (unpaired) electrons. The standard InChI is InChI=1S/C23H32N2O3S/c1-8-21(20-12-10-15(2)13-18(20)5)24-23(26)19(6)25(29(7,27)28)22-14-16(3)9-11-17(22)4/h9-14,19,21H,8H2,1-7H3,(H,24,26). The number of benzene rings is 2. The highest BCUT2D eigenvalue weighted by atomic mass is 32.2. The number of aryl methyl sites for hydroxylation is 4. The molecule has 1 amide bonds. The third kappa shape index (κ3) is 5.38. The Bertz CT molecular complexity index is 999. The fraction of sp³-hybridized carbons (Fsp3) is 0.435. The summed E-state index contributed by atoms with van der Waals surface area (Å²) in [7, 11) is -3.65. The predicted octanol–water partition coefficient (Wildman–Crippen LogP) is 4.34. The fourth-order valence-corrected chi connectivity index (χ4v) is 4.87. The summed E-state index contributed by atoms with van der Waals surface area (Å²) in [5.41, 5.74) is 5.61. The Hall–Kier alpha value is -2.34. The van der Waals surface area contributed by atoms with Gasteiger partial charge in [0.15, 0.2) is 0 Å². The summed E-state index contributed by atoms with van der Waals surface area (Å²) in [6.45, 7) is 11.5. The second-order valence-corrected chi connectivity index (χ2v) is 9.71. The SMILES string of the molecule is CCC(NC(=O)C(C)N(c1cc(C)ccc1C)S(C)(=O)=O)c1ccc(C)cc1C. The summed E-state index contributed by atoms with van der Waals surface area (Å²) >= 11 is 0. The molecule has 0 aliphatic rings. The maximum absolute atomic E-state index is 13.1. The van der Waals surface area contributed by atoms with Crippen molar-refractivity contribution in [1.82, 2.24) is 5.32 Å². The van der Waals surface area contributed by atoms with E-state index < -0.39 is 16.1 Å². The molecule has 0 fully saturated rings. The average molecular weight is 417 g/mol. The maximum atomic E-state index is 13.1. The highest BCUT2D eigenvalue weighted by molar-refractivity contribution is 7.92. The lowest BCUT2D eigenvalue weighted by Crippen LogP contribution is -2.49. The van der Waals surface area contributed by atoms with Crippen molar-refractivity contribution < 1.29 is 13.2 Å². The van der Waals surface area contributed by atoms with Crippen molar-refractivity contribution in [3.63, 3.8) is 0 Å². The van der Waals surface area contributed by atoms with Crippen molar-refractivity contribution in [1.29, 1.82) is 0 Å². The van der Waals surface area contributed by atoms with Crippen molar-refractivity contribution >= 4 is 21.6 Å². The van der Waals surface area contributed by atoms with Crippen LogP contribution in [0.2, 0.25) is 0 Å². The largest absolute Gasteiger partial charge is 0.347 e. The number of hydrogen-bond acceptors (Lipinski definition) is 3. The number of nitrogens with zero attached hydrogens (tertiary/aromatic N) is 1. The number of rotatable bonds is 7. The van der Waals surface area contributed by atoms with Gasteiger partial charge in [-0.2, -0.15) is 0 Å². The van der Waals surface area contributed by atoms with Gasteiger partial charge in [0.2, 0.25) is 15.9 Å². The van der Waals surface area contributed by atoms with E-state index in [1.807, 2.05) is 65.0 Å². The van der Waals surface area contributed by atoms with Gasteiger partial charge in [0, 0.05) is 0 Å². The number of carbonyl (C=O) groups excluding carboxylic acids is 1. The van der Waals surface area contributed by atoms with Crippen LogP contribution in [0.15, 0.2) is 36.4 Å². The van der Waals surface area contributed by atoms with Crippen LogP contribution in [0.25, 0.3) is 0 Å². The summed E-state index contributed by atoms with van der Waals surface area (Å²) in [6, 6.07) is 10.7. The van der Waals surface area contributed by atoms with E-state index in [1.54, 1.807) is 6.92 Å². The molecule has 0 heterocycles.